The molecule has 0 aromatic heterocycles. The third-order valence-corrected chi connectivity index (χ3v) is 6.52. The highest BCUT2D eigenvalue weighted by Crippen LogP contribution is 2.31. The summed E-state index contributed by atoms with van der Waals surface area (Å²) in [6.07, 6.45) is 5.20. The molecule has 160 valence electrons. The highest BCUT2D eigenvalue weighted by Gasteiger charge is 2.40. The number of hydrogen-bond donors (Lipinski definition) is 0. The first-order valence-corrected chi connectivity index (χ1v) is 11.2. The average molecular weight is 432 g/mol. The van der Waals surface area contributed by atoms with Gasteiger partial charge in [0, 0.05) is 50.1 Å². The van der Waals surface area contributed by atoms with Crippen LogP contribution >= 0.6 is 11.6 Å². The third kappa shape index (κ3) is 3.83. The number of rotatable bonds is 4. The van der Waals surface area contributed by atoms with Gasteiger partial charge in [0.25, 0.3) is 17.7 Å². The summed E-state index contributed by atoms with van der Waals surface area (Å²) in [7, 11) is 0. The minimum absolute atomic E-state index is 0.00143. The number of nitrogens with zero attached hydrogens (tertiary/aromatic N) is 3. The normalized spacial score (nSPS) is 20.0. The number of benzene rings is 1. The van der Waals surface area contributed by atoms with E-state index in [-0.39, 0.29) is 35.6 Å². The second kappa shape index (κ2) is 8.76. The Hall–Kier alpha value is -2.41. The first-order valence-electron chi connectivity index (χ1n) is 10.7. The molecule has 0 unspecified atom stereocenters. The quantitative estimate of drug-likeness (QED) is 0.542. The molecule has 0 bridgehead atoms. The first-order chi connectivity index (χ1) is 14.5. The molecule has 8 heteroatoms. The van der Waals surface area contributed by atoms with Crippen LogP contribution in [0, 0.1) is 0 Å². The molecular formula is C22H26ClN3O4. The number of piperazine rings is 1. The van der Waals surface area contributed by atoms with E-state index >= 15 is 0 Å². The van der Waals surface area contributed by atoms with Crippen molar-refractivity contribution in [3.63, 3.8) is 0 Å². The molecule has 1 aliphatic carbocycles. The predicted molar refractivity (Wildman–Crippen MR) is 112 cm³/mol. The number of imide groups is 1. The first kappa shape index (κ1) is 20.8. The topological polar surface area (TPSA) is 78.0 Å². The largest absolute Gasteiger partial charge is 0.339 e. The molecule has 7 nitrogen and oxygen atoms in total. The fourth-order valence-electron chi connectivity index (χ4n) is 4.64. The molecule has 2 fully saturated rings. The van der Waals surface area contributed by atoms with E-state index in [0.29, 0.717) is 49.3 Å². The summed E-state index contributed by atoms with van der Waals surface area (Å²) in [5, 5.41) is 0. The Morgan fingerprint density at radius 3 is 2.20 bits per heavy atom. The molecule has 2 aliphatic heterocycles. The van der Waals surface area contributed by atoms with Crippen molar-refractivity contribution in [3.8, 4) is 0 Å². The van der Waals surface area contributed by atoms with Crippen LogP contribution in [0.25, 0.3) is 0 Å². The van der Waals surface area contributed by atoms with Gasteiger partial charge >= 0.3 is 0 Å². The standard InChI is InChI=1S/C22H26ClN3O4/c23-9-8-19(27)24-10-12-25(13-11-24)20(28)15-6-7-17-18(14-15)22(30)26(21(17)29)16-4-2-1-3-5-16/h6-7,14,16H,1-5,8-13H2. The molecule has 30 heavy (non-hydrogen) atoms. The van der Waals surface area contributed by atoms with Crippen molar-refractivity contribution in [2.24, 2.45) is 0 Å². The number of alkyl halides is 1. The molecule has 4 amide bonds. The maximum Gasteiger partial charge on any atom is 0.261 e. The second-order valence-corrected chi connectivity index (χ2v) is 8.52. The summed E-state index contributed by atoms with van der Waals surface area (Å²) in [5.74, 6) is -0.418. The number of carbonyl (C=O) groups excluding carboxylic acids is 4. The van der Waals surface area contributed by atoms with Gasteiger partial charge in [-0.15, -0.1) is 11.6 Å². The molecule has 1 saturated carbocycles. The maximum atomic E-state index is 13.0. The Bertz CT molecular complexity index is 873. The fraction of sp³-hybridized carbons (Fsp3) is 0.545. The van der Waals surface area contributed by atoms with Gasteiger partial charge in [0.1, 0.15) is 0 Å². The monoisotopic (exact) mass is 431 g/mol. The average Bonchev–Trinajstić information content (AvgIpc) is 3.03. The highest BCUT2D eigenvalue weighted by atomic mass is 35.5. The molecule has 0 atom stereocenters. The van der Waals surface area contributed by atoms with Crippen LogP contribution in [0.5, 0.6) is 0 Å². The SMILES string of the molecule is O=C(CCCl)N1CCN(C(=O)c2ccc3c(c2)C(=O)N(C2CCCCC2)C3=O)CC1. The van der Waals surface area contributed by atoms with E-state index in [2.05, 4.69) is 0 Å². The lowest BCUT2D eigenvalue weighted by atomic mass is 9.94. The van der Waals surface area contributed by atoms with Crippen LogP contribution in [0.4, 0.5) is 0 Å². The molecular weight excluding hydrogens is 406 g/mol. The zero-order chi connectivity index (χ0) is 21.3. The Kier molecular flexibility index (Phi) is 6.09. The van der Waals surface area contributed by atoms with Gasteiger partial charge in [0.05, 0.1) is 11.1 Å². The van der Waals surface area contributed by atoms with Crippen LogP contribution in [-0.4, -0.2) is 76.4 Å². The van der Waals surface area contributed by atoms with Gasteiger partial charge in [-0.25, -0.2) is 0 Å². The lowest BCUT2D eigenvalue weighted by molar-refractivity contribution is -0.132. The van der Waals surface area contributed by atoms with Crippen molar-refractivity contribution in [2.75, 3.05) is 32.1 Å². The summed E-state index contributed by atoms with van der Waals surface area (Å²) in [6.45, 7) is 1.81. The van der Waals surface area contributed by atoms with Crippen LogP contribution in [0.3, 0.4) is 0 Å². The molecule has 1 saturated heterocycles. The number of carbonyl (C=O) groups is 4. The summed E-state index contributed by atoms with van der Waals surface area (Å²) in [4.78, 5) is 55.5. The van der Waals surface area contributed by atoms with Crippen molar-refractivity contribution in [2.45, 2.75) is 44.6 Å². The van der Waals surface area contributed by atoms with E-state index in [1.807, 2.05) is 0 Å². The summed E-state index contributed by atoms with van der Waals surface area (Å²) in [5.41, 5.74) is 1.12. The van der Waals surface area contributed by atoms with Crippen LogP contribution < -0.4 is 0 Å². The van der Waals surface area contributed by atoms with E-state index in [1.54, 1.807) is 28.0 Å². The van der Waals surface area contributed by atoms with Gasteiger partial charge in [0.2, 0.25) is 5.91 Å². The summed E-state index contributed by atoms with van der Waals surface area (Å²) >= 11 is 5.64. The van der Waals surface area contributed by atoms with Gasteiger partial charge in [-0.2, -0.15) is 0 Å². The van der Waals surface area contributed by atoms with Crippen molar-refractivity contribution < 1.29 is 19.2 Å². The van der Waals surface area contributed by atoms with Crippen LogP contribution in [0.15, 0.2) is 18.2 Å². The number of fused-ring (bicyclic) bond motifs is 1. The van der Waals surface area contributed by atoms with Gasteiger partial charge in [-0.05, 0) is 31.0 Å². The molecule has 4 rings (SSSR count). The highest BCUT2D eigenvalue weighted by molar-refractivity contribution is 6.22. The smallest absolute Gasteiger partial charge is 0.261 e. The lowest BCUT2D eigenvalue weighted by Crippen LogP contribution is -2.50. The van der Waals surface area contributed by atoms with Crippen molar-refractivity contribution in [1.82, 2.24) is 14.7 Å². The van der Waals surface area contributed by atoms with Crippen molar-refractivity contribution >= 4 is 35.2 Å². The molecule has 0 spiro atoms. The Balaban J connectivity index is 1.46. The maximum absolute atomic E-state index is 13.0. The minimum atomic E-state index is -0.284. The zero-order valence-electron chi connectivity index (χ0n) is 16.9. The Morgan fingerprint density at radius 2 is 1.53 bits per heavy atom. The van der Waals surface area contributed by atoms with Gasteiger partial charge < -0.3 is 9.80 Å². The van der Waals surface area contributed by atoms with E-state index in [0.717, 1.165) is 32.1 Å². The zero-order valence-corrected chi connectivity index (χ0v) is 17.7. The molecule has 0 N–H and O–H groups in total. The Labute approximate surface area is 180 Å². The van der Waals surface area contributed by atoms with Crippen LogP contribution in [-0.2, 0) is 4.79 Å². The van der Waals surface area contributed by atoms with Crippen LogP contribution in [0.2, 0.25) is 0 Å². The van der Waals surface area contributed by atoms with E-state index in [1.165, 1.54) is 4.90 Å². The molecule has 0 radical (unpaired) electrons. The van der Waals surface area contributed by atoms with Gasteiger partial charge in [-0.1, -0.05) is 19.3 Å². The minimum Gasteiger partial charge on any atom is -0.339 e. The summed E-state index contributed by atoms with van der Waals surface area (Å²) < 4.78 is 0. The molecule has 2 heterocycles. The van der Waals surface area contributed by atoms with Crippen molar-refractivity contribution in [1.29, 1.82) is 0 Å². The van der Waals surface area contributed by atoms with E-state index in [4.69, 9.17) is 11.6 Å². The van der Waals surface area contributed by atoms with Crippen molar-refractivity contribution in [3.05, 3.63) is 34.9 Å². The predicted octanol–water partition coefficient (Wildman–Crippen LogP) is 2.53. The molecule has 1 aromatic rings. The number of amides is 4. The van der Waals surface area contributed by atoms with E-state index < -0.39 is 0 Å². The number of hydrogen-bond acceptors (Lipinski definition) is 4. The van der Waals surface area contributed by atoms with E-state index in [9.17, 15) is 19.2 Å². The molecule has 1 aromatic carbocycles. The van der Waals surface area contributed by atoms with Gasteiger partial charge in [-0.3, -0.25) is 24.1 Å². The second-order valence-electron chi connectivity index (χ2n) is 8.14. The third-order valence-electron chi connectivity index (χ3n) is 6.33. The fourth-order valence-corrected chi connectivity index (χ4v) is 4.81. The Morgan fingerprint density at radius 1 is 0.900 bits per heavy atom. The van der Waals surface area contributed by atoms with Gasteiger partial charge in [0.15, 0.2) is 0 Å². The van der Waals surface area contributed by atoms with Crippen LogP contribution in [0.1, 0.15) is 69.6 Å². The summed E-state index contributed by atoms with van der Waals surface area (Å²) in [6, 6.07) is 4.75. The number of halogens is 1. The lowest BCUT2D eigenvalue weighted by Gasteiger charge is -2.34. The molecule has 3 aliphatic rings.